The van der Waals surface area contributed by atoms with Crippen molar-refractivity contribution >= 4 is 17.3 Å². The van der Waals surface area contributed by atoms with Crippen LogP contribution in [0.5, 0.6) is 0 Å². The predicted molar refractivity (Wildman–Crippen MR) is 48.4 cm³/mol. The van der Waals surface area contributed by atoms with Gasteiger partial charge in [-0.2, -0.15) is 5.26 Å². The van der Waals surface area contributed by atoms with E-state index in [0.717, 1.165) is 11.3 Å². The fourth-order valence-electron chi connectivity index (χ4n) is 0.874. The van der Waals surface area contributed by atoms with Crippen LogP contribution in [0.2, 0.25) is 0 Å². The molecule has 0 aromatic carbocycles. The van der Waals surface area contributed by atoms with Crippen molar-refractivity contribution in [2.45, 2.75) is 12.5 Å². The number of rotatable bonds is 3. The van der Waals surface area contributed by atoms with Gasteiger partial charge in [-0.15, -0.1) is 11.3 Å². The van der Waals surface area contributed by atoms with E-state index >= 15 is 0 Å². The van der Waals surface area contributed by atoms with Crippen molar-refractivity contribution in [3.8, 4) is 6.07 Å². The highest BCUT2D eigenvalue weighted by Gasteiger charge is 2.11. The minimum absolute atomic E-state index is 0.204. The molecule has 0 aliphatic heterocycles. The molecule has 1 heterocycles. The minimum Gasteiger partial charge on any atom is -0.477 e. The van der Waals surface area contributed by atoms with Crippen LogP contribution in [0, 0.1) is 11.3 Å². The van der Waals surface area contributed by atoms with Gasteiger partial charge in [0.05, 0.1) is 12.5 Å². The molecule has 0 saturated carbocycles. The van der Waals surface area contributed by atoms with Gasteiger partial charge in [-0.3, -0.25) is 0 Å². The molecule has 1 aromatic rings. The van der Waals surface area contributed by atoms with Crippen LogP contribution in [0.4, 0.5) is 0 Å². The Bertz CT molecular complexity index is 353. The van der Waals surface area contributed by atoms with Crippen LogP contribution in [-0.4, -0.2) is 11.1 Å². The Morgan fingerprint density at radius 2 is 2.54 bits per heavy atom. The fraction of sp³-hybridized carbons (Fsp3) is 0.250. The highest BCUT2D eigenvalue weighted by Crippen LogP contribution is 2.21. The third-order valence-electron chi connectivity index (χ3n) is 1.57. The van der Waals surface area contributed by atoms with Gasteiger partial charge in [-0.25, -0.2) is 4.79 Å². The third kappa shape index (κ3) is 2.28. The Labute approximate surface area is 79.2 Å². The molecule has 1 unspecified atom stereocenters. The second-order valence-corrected chi connectivity index (χ2v) is 3.43. The second-order valence-electron chi connectivity index (χ2n) is 2.52. The molecule has 0 aliphatic carbocycles. The highest BCUT2D eigenvalue weighted by atomic mass is 32.1. The second kappa shape index (κ2) is 4.03. The third-order valence-corrected chi connectivity index (χ3v) is 2.51. The lowest BCUT2D eigenvalue weighted by Gasteiger charge is -2.01. The van der Waals surface area contributed by atoms with Gasteiger partial charge in [0.25, 0.3) is 0 Å². The number of nitrogens with zero attached hydrogens (tertiary/aromatic N) is 1. The number of hydrogen-bond acceptors (Lipinski definition) is 4. The molecule has 5 heteroatoms. The average molecular weight is 196 g/mol. The summed E-state index contributed by atoms with van der Waals surface area (Å²) in [4.78, 5) is 10.8. The van der Waals surface area contributed by atoms with Gasteiger partial charge in [0.2, 0.25) is 0 Å². The zero-order chi connectivity index (χ0) is 9.84. The minimum atomic E-state index is -0.958. The Morgan fingerprint density at radius 1 is 1.85 bits per heavy atom. The van der Waals surface area contributed by atoms with E-state index in [1.165, 1.54) is 6.07 Å². The lowest BCUT2D eigenvalue weighted by Crippen LogP contribution is -2.07. The van der Waals surface area contributed by atoms with E-state index in [0.29, 0.717) is 5.56 Å². The number of nitrogens with two attached hydrogens (primary N) is 1. The maximum absolute atomic E-state index is 10.5. The number of carboxylic acid groups (broad SMARTS) is 1. The van der Waals surface area contributed by atoms with Gasteiger partial charge in [-0.05, 0) is 17.0 Å². The molecular formula is C8H8N2O2S. The number of nitriles is 1. The van der Waals surface area contributed by atoms with E-state index in [4.69, 9.17) is 16.1 Å². The predicted octanol–water partition coefficient (Wildman–Crippen LogP) is 1.36. The molecule has 0 fully saturated rings. The maximum atomic E-state index is 10.5. The van der Waals surface area contributed by atoms with E-state index in [1.807, 2.05) is 6.07 Å². The summed E-state index contributed by atoms with van der Waals surface area (Å²) in [6.45, 7) is 0. The van der Waals surface area contributed by atoms with Crippen molar-refractivity contribution in [1.82, 2.24) is 0 Å². The Kier molecular flexibility index (Phi) is 3.01. The highest BCUT2D eigenvalue weighted by molar-refractivity contribution is 7.12. The maximum Gasteiger partial charge on any atom is 0.345 e. The van der Waals surface area contributed by atoms with Gasteiger partial charge in [0.15, 0.2) is 0 Å². The van der Waals surface area contributed by atoms with Crippen molar-refractivity contribution < 1.29 is 9.90 Å². The summed E-state index contributed by atoms with van der Waals surface area (Å²) in [5.74, 6) is -0.958. The number of carbonyl (C=O) groups is 1. The van der Waals surface area contributed by atoms with Crippen LogP contribution < -0.4 is 5.73 Å². The number of hydrogen-bond donors (Lipinski definition) is 2. The molecule has 1 rings (SSSR count). The number of aromatic carboxylic acids is 1. The van der Waals surface area contributed by atoms with Gasteiger partial charge >= 0.3 is 5.97 Å². The first kappa shape index (κ1) is 9.71. The quantitative estimate of drug-likeness (QED) is 0.764. The molecule has 4 nitrogen and oxygen atoms in total. The summed E-state index contributed by atoms with van der Waals surface area (Å²) in [7, 11) is 0. The molecule has 68 valence electrons. The van der Waals surface area contributed by atoms with Gasteiger partial charge in [-0.1, -0.05) is 0 Å². The van der Waals surface area contributed by atoms with Crippen molar-refractivity contribution in [2.75, 3.05) is 0 Å². The van der Waals surface area contributed by atoms with Gasteiger partial charge in [0, 0.05) is 6.04 Å². The van der Waals surface area contributed by atoms with E-state index in [-0.39, 0.29) is 17.3 Å². The zero-order valence-electron chi connectivity index (χ0n) is 6.73. The van der Waals surface area contributed by atoms with Crippen molar-refractivity contribution in [2.24, 2.45) is 5.73 Å². The molecule has 0 amide bonds. The Morgan fingerprint density at radius 3 is 3.00 bits per heavy atom. The average Bonchev–Trinajstić information content (AvgIpc) is 2.52. The van der Waals surface area contributed by atoms with E-state index in [9.17, 15) is 4.79 Å². The molecule has 0 aliphatic rings. The largest absolute Gasteiger partial charge is 0.477 e. The van der Waals surface area contributed by atoms with E-state index in [2.05, 4.69) is 0 Å². The Balaban J connectivity index is 2.80. The summed E-state index contributed by atoms with van der Waals surface area (Å²) in [6, 6.07) is 3.07. The zero-order valence-corrected chi connectivity index (χ0v) is 7.54. The summed E-state index contributed by atoms with van der Waals surface area (Å²) in [5, 5.41) is 18.7. The normalized spacial score (nSPS) is 12.0. The summed E-state index contributed by atoms with van der Waals surface area (Å²) in [6.07, 6.45) is 0.204. The molecule has 0 bridgehead atoms. The van der Waals surface area contributed by atoms with Crippen molar-refractivity contribution in [3.63, 3.8) is 0 Å². The molecule has 0 saturated heterocycles. The van der Waals surface area contributed by atoms with E-state index in [1.54, 1.807) is 5.38 Å². The van der Waals surface area contributed by atoms with Crippen LogP contribution in [0.25, 0.3) is 0 Å². The number of thiophene rings is 1. The van der Waals surface area contributed by atoms with Crippen LogP contribution in [0.1, 0.15) is 27.7 Å². The lowest BCUT2D eigenvalue weighted by atomic mass is 10.1. The monoisotopic (exact) mass is 196 g/mol. The molecular weight excluding hydrogens is 188 g/mol. The molecule has 1 aromatic heterocycles. The molecule has 1 atom stereocenters. The van der Waals surface area contributed by atoms with Crippen LogP contribution in [0.15, 0.2) is 11.4 Å². The van der Waals surface area contributed by atoms with Crippen molar-refractivity contribution in [1.29, 1.82) is 5.26 Å². The first-order valence-electron chi connectivity index (χ1n) is 3.59. The summed E-state index contributed by atoms with van der Waals surface area (Å²) in [5.41, 5.74) is 6.32. The fourth-order valence-corrected chi connectivity index (χ4v) is 1.68. The van der Waals surface area contributed by atoms with E-state index < -0.39 is 5.97 Å². The van der Waals surface area contributed by atoms with Gasteiger partial charge < -0.3 is 10.8 Å². The summed E-state index contributed by atoms with van der Waals surface area (Å²) >= 11 is 1.12. The number of carboxylic acids is 1. The molecule has 0 spiro atoms. The molecule has 3 N–H and O–H groups in total. The van der Waals surface area contributed by atoms with Crippen LogP contribution in [-0.2, 0) is 0 Å². The standard InChI is InChI=1S/C8H8N2O2S/c9-2-1-6(10)5-3-7(8(11)12)13-4-5/h3-4,6H,1,10H2,(H,11,12). The Hall–Kier alpha value is -1.38. The van der Waals surface area contributed by atoms with Gasteiger partial charge in [0.1, 0.15) is 4.88 Å². The van der Waals surface area contributed by atoms with Crippen LogP contribution in [0.3, 0.4) is 0 Å². The summed E-state index contributed by atoms with van der Waals surface area (Å²) < 4.78 is 0. The first-order valence-corrected chi connectivity index (χ1v) is 4.47. The molecule has 13 heavy (non-hydrogen) atoms. The van der Waals surface area contributed by atoms with Crippen molar-refractivity contribution in [3.05, 3.63) is 21.9 Å². The van der Waals surface area contributed by atoms with Crippen LogP contribution >= 0.6 is 11.3 Å². The SMILES string of the molecule is N#CCC(N)c1csc(C(=O)O)c1. The topological polar surface area (TPSA) is 87.1 Å². The smallest absolute Gasteiger partial charge is 0.345 e. The molecule has 0 radical (unpaired) electrons. The first-order chi connectivity index (χ1) is 6.15. The lowest BCUT2D eigenvalue weighted by molar-refractivity contribution is 0.0702.